The van der Waals surface area contributed by atoms with Gasteiger partial charge in [-0.05, 0) is 46.7 Å². The Hall–Kier alpha value is -4.77. The summed E-state index contributed by atoms with van der Waals surface area (Å²) in [6, 6.07) is 20.9. The third-order valence-corrected chi connectivity index (χ3v) is 7.28. The third kappa shape index (κ3) is 5.57. The summed E-state index contributed by atoms with van der Waals surface area (Å²) in [6.07, 6.45) is 1.31. The number of rotatable bonds is 9. The zero-order valence-electron chi connectivity index (χ0n) is 19.5. The fraction of sp³-hybridized carbons (Fsp3) is 0.0769. The Balaban J connectivity index is 1.62. The van der Waals surface area contributed by atoms with Crippen molar-refractivity contribution in [3.63, 3.8) is 0 Å². The molecule has 4 rings (SSSR count). The van der Waals surface area contributed by atoms with Gasteiger partial charge in [0.2, 0.25) is 0 Å². The van der Waals surface area contributed by atoms with E-state index in [1.165, 1.54) is 30.5 Å². The van der Waals surface area contributed by atoms with Gasteiger partial charge in [0.25, 0.3) is 15.9 Å². The number of benzene rings is 3. The molecule has 0 radical (unpaired) electrons. The molecule has 0 aliphatic heterocycles. The van der Waals surface area contributed by atoms with Gasteiger partial charge in [-0.15, -0.1) is 0 Å². The standard InChI is InChI=1S/C26H23N5O5S/c27-25(28)18-9-7-17(8-10-18)15-30-26(34)22-5-3-4-19-14-20(11-12-21(19)22)31(16-24(32)33)37(35,36)23-6-1-2-13-29-23/h1-14H,15-16H2,(H3,27,28)(H,30,34)(H,32,33). The zero-order valence-corrected chi connectivity index (χ0v) is 20.3. The average molecular weight is 518 g/mol. The molecule has 11 heteroatoms. The van der Waals surface area contributed by atoms with E-state index in [1.807, 2.05) is 0 Å². The van der Waals surface area contributed by atoms with E-state index < -0.39 is 22.5 Å². The Morgan fingerprint density at radius 3 is 2.41 bits per heavy atom. The number of amidine groups is 1. The maximum Gasteiger partial charge on any atom is 0.324 e. The van der Waals surface area contributed by atoms with Crippen LogP contribution in [0.1, 0.15) is 21.5 Å². The summed E-state index contributed by atoms with van der Waals surface area (Å²) in [5, 5.41) is 20.5. The number of nitrogens with zero attached hydrogens (tertiary/aromatic N) is 2. The van der Waals surface area contributed by atoms with Crippen LogP contribution in [-0.2, 0) is 21.4 Å². The van der Waals surface area contributed by atoms with Crippen LogP contribution in [0.15, 0.2) is 90.1 Å². The molecule has 0 spiro atoms. The molecule has 0 atom stereocenters. The number of carboxylic acid groups (broad SMARTS) is 1. The van der Waals surface area contributed by atoms with Crippen LogP contribution in [-0.4, -0.2) is 42.8 Å². The van der Waals surface area contributed by atoms with Crippen molar-refractivity contribution >= 4 is 44.2 Å². The van der Waals surface area contributed by atoms with Crippen molar-refractivity contribution in [3.8, 4) is 0 Å². The molecule has 0 unspecified atom stereocenters. The predicted molar refractivity (Wildman–Crippen MR) is 139 cm³/mol. The fourth-order valence-corrected chi connectivity index (χ4v) is 5.10. The van der Waals surface area contributed by atoms with Crippen LogP contribution < -0.4 is 15.4 Å². The first-order chi connectivity index (χ1) is 17.7. The number of sulfonamides is 1. The quantitative estimate of drug-likeness (QED) is 0.196. The van der Waals surface area contributed by atoms with E-state index in [4.69, 9.17) is 11.1 Å². The minimum Gasteiger partial charge on any atom is -0.480 e. The second kappa shape index (κ2) is 10.5. The minimum atomic E-state index is -4.25. The van der Waals surface area contributed by atoms with Crippen molar-refractivity contribution in [1.29, 1.82) is 5.41 Å². The first-order valence-electron chi connectivity index (χ1n) is 11.1. The number of hydrogen-bond donors (Lipinski definition) is 4. The Morgan fingerprint density at radius 1 is 1.00 bits per heavy atom. The highest BCUT2D eigenvalue weighted by atomic mass is 32.2. The van der Waals surface area contributed by atoms with Gasteiger partial charge in [-0.3, -0.25) is 19.3 Å². The number of carbonyl (C=O) groups excluding carboxylic acids is 1. The number of carbonyl (C=O) groups is 2. The number of hydrogen-bond acceptors (Lipinski definition) is 6. The van der Waals surface area contributed by atoms with Gasteiger partial charge in [-0.1, -0.05) is 48.5 Å². The van der Waals surface area contributed by atoms with Crippen LogP contribution in [0.25, 0.3) is 10.8 Å². The fourth-order valence-electron chi connectivity index (χ4n) is 3.75. The summed E-state index contributed by atoms with van der Waals surface area (Å²) in [4.78, 5) is 28.3. The number of pyridine rings is 1. The van der Waals surface area contributed by atoms with E-state index >= 15 is 0 Å². The van der Waals surface area contributed by atoms with Crippen molar-refractivity contribution in [1.82, 2.24) is 10.3 Å². The Labute approximate surface area is 212 Å². The van der Waals surface area contributed by atoms with E-state index in [-0.39, 0.29) is 29.0 Å². The number of anilines is 1. The predicted octanol–water partition coefficient (Wildman–Crippen LogP) is 2.73. The SMILES string of the molecule is N=C(N)c1ccc(CNC(=O)c2cccc3cc(N(CC(=O)O)S(=O)(=O)c4ccccn4)ccc23)cc1. The van der Waals surface area contributed by atoms with Gasteiger partial charge in [0.05, 0.1) is 5.69 Å². The lowest BCUT2D eigenvalue weighted by atomic mass is 10.0. The van der Waals surface area contributed by atoms with Gasteiger partial charge in [0, 0.05) is 23.9 Å². The molecule has 0 aliphatic rings. The molecule has 0 saturated heterocycles. The van der Waals surface area contributed by atoms with Crippen molar-refractivity contribution in [2.24, 2.45) is 5.73 Å². The topological polar surface area (TPSA) is 167 Å². The highest BCUT2D eigenvalue weighted by Gasteiger charge is 2.28. The van der Waals surface area contributed by atoms with E-state index in [1.54, 1.807) is 54.6 Å². The molecule has 4 aromatic rings. The van der Waals surface area contributed by atoms with E-state index in [9.17, 15) is 23.1 Å². The zero-order chi connectivity index (χ0) is 26.6. The first-order valence-corrected chi connectivity index (χ1v) is 12.5. The highest BCUT2D eigenvalue weighted by Crippen LogP contribution is 2.28. The van der Waals surface area contributed by atoms with Crippen LogP contribution in [0.5, 0.6) is 0 Å². The summed E-state index contributed by atoms with van der Waals surface area (Å²) >= 11 is 0. The first kappa shape index (κ1) is 25.3. The third-order valence-electron chi connectivity index (χ3n) is 5.59. The molecule has 5 N–H and O–H groups in total. The summed E-state index contributed by atoms with van der Waals surface area (Å²) in [6.45, 7) is -0.548. The summed E-state index contributed by atoms with van der Waals surface area (Å²) < 4.78 is 27.1. The van der Waals surface area contributed by atoms with Crippen LogP contribution in [0.2, 0.25) is 0 Å². The van der Waals surface area contributed by atoms with E-state index in [0.717, 1.165) is 9.87 Å². The van der Waals surface area contributed by atoms with Gasteiger partial charge in [-0.2, -0.15) is 8.42 Å². The molecule has 1 heterocycles. The molecule has 0 saturated carbocycles. The van der Waals surface area contributed by atoms with Gasteiger partial charge in [-0.25, -0.2) is 4.98 Å². The lowest BCUT2D eigenvalue weighted by molar-refractivity contribution is -0.135. The second-order valence-electron chi connectivity index (χ2n) is 8.08. The van der Waals surface area contributed by atoms with Crippen LogP contribution in [0.3, 0.4) is 0 Å². The lowest BCUT2D eigenvalue weighted by Crippen LogP contribution is -2.36. The molecule has 0 aliphatic carbocycles. The smallest absolute Gasteiger partial charge is 0.324 e. The van der Waals surface area contributed by atoms with Gasteiger partial charge >= 0.3 is 5.97 Å². The van der Waals surface area contributed by atoms with Crippen molar-refractivity contribution in [2.75, 3.05) is 10.8 Å². The van der Waals surface area contributed by atoms with Crippen molar-refractivity contribution < 1.29 is 23.1 Å². The molecular weight excluding hydrogens is 494 g/mol. The van der Waals surface area contributed by atoms with Crippen LogP contribution >= 0.6 is 0 Å². The summed E-state index contributed by atoms with van der Waals surface area (Å²) in [5.74, 6) is -1.71. The lowest BCUT2D eigenvalue weighted by Gasteiger charge is -2.22. The van der Waals surface area contributed by atoms with Crippen molar-refractivity contribution in [2.45, 2.75) is 11.6 Å². The van der Waals surface area contributed by atoms with Gasteiger partial charge in [0.15, 0.2) is 5.03 Å². The average Bonchev–Trinajstić information content (AvgIpc) is 2.90. The van der Waals surface area contributed by atoms with Gasteiger partial charge in [0.1, 0.15) is 12.4 Å². The molecule has 3 aromatic carbocycles. The van der Waals surface area contributed by atoms with Gasteiger partial charge < -0.3 is 16.2 Å². The number of nitrogen functional groups attached to an aromatic ring is 1. The second-order valence-corrected chi connectivity index (χ2v) is 9.89. The van der Waals surface area contributed by atoms with E-state index in [2.05, 4.69) is 10.3 Å². The molecule has 10 nitrogen and oxygen atoms in total. The van der Waals surface area contributed by atoms with Crippen molar-refractivity contribution in [3.05, 3.63) is 102 Å². The monoisotopic (exact) mass is 517 g/mol. The molecule has 188 valence electrons. The maximum atomic E-state index is 13.2. The normalized spacial score (nSPS) is 11.1. The summed E-state index contributed by atoms with van der Waals surface area (Å²) in [5.41, 5.74) is 7.38. The Kier molecular flexibility index (Phi) is 7.16. The number of nitrogens with one attached hydrogen (secondary N) is 2. The molecular formula is C26H23N5O5S. The maximum absolute atomic E-state index is 13.2. The number of amides is 1. The highest BCUT2D eigenvalue weighted by molar-refractivity contribution is 7.92. The number of aromatic nitrogens is 1. The van der Waals surface area contributed by atoms with Crippen LogP contribution in [0, 0.1) is 5.41 Å². The molecule has 0 fully saturated rings. The molecule has 1 aromatic heterocycles. The number of aliphatic carboxylic acids is 1. The van der Waals surface area contributed by atoms with E-state index in [0.29, 0.717) is 21.9 Å². The molecule has 0 bridgehead atoms. The van der Waals surface area contributed by atoms with Crippen LogP contribution in [0.4, 0.5) is 5.69 Å². The number of carboxylic acids is 1. The summed E-state index contributed by atoms with van der Waals surface area (Å²) in [7, 11) is -4.25. The molecule has 37 heavy (non-hydrogen) atoms. The largest absolute Gasteiger partial charge is 0.480 e. The number of fused-ring (bicyclic) bond motifs is 1. The Morgan fingerprint density at radius 2 is 1.76 bits per heavy atom. The number of nitrogens with two attached hydrogens (primary N) is 1. The Bertz CT molecular complexity index is 1590. The molecule has 1 amide bonds. The minimum absolute atomic E-state index is 0.0412.